The summed E-state index contributed by atoms with van der Waals surface area (Å²) in [5, 5.41) is 5.58. The van der Waals surface area contributed by atoms with Gasteiger partial charge in [0.1, 0.15) is 0 Å². The van der Waals surface area contributed by atoms with Gasteiger partial charge >= 0.3 is 6.18 Å². The highest BCUT2D eigenvalue weighted by Gasteiger charge is 2.38. The van der Waals surface area contributed by atoms with Gasteiger partial charge in [-0.15, -0.1) is 0 Å². The molecule has 2 N–H and O–H groups in total. The molecule has 1 fully saturated rings. The van der Waals surface area contributed by atoms with Gasteiger partial charge in [0, 0.05) is 0 Å². The van der Waals surface area contributed by atoms with Gasteiger partial charge in [-0.05, 0) is 18.2 Å². The number of hydrogen-bond donors (Lipinski definition) is 2. The molecule has 0 spiro atoms. The van der Waals surface area contributed by atoms with Crippen LogP contribution in [0.15, 0.2) is 18.2 Å². The number of benzene rings is 1. The average molecular weight is 272 g/mol. The van der Waals surface area contributed by atoms with E-state index in [1.807, 2.05) is 0 Å². The number of carbonyl (C=O) groups excluding carboxylic acids is 1. The Morgan fingerprint density at radius 1 is 1.21 bits per heavy atom. The summed E-state index contributed by atoms with van der Waals surface area (Å²) >= 11 is 0. The van der Waals surface area contributed by atoms with Crippen molar-refractivity contribution in [1.29, 1.82) is 0 Å². The number of fused-ring (bicyclic) bond motifs is 2. The molecule has 2 unspecified atom stereocenters. The highest BCUT2D eigenvalue weighted by molar-refractivity contribution is 5.98. The zero-order valence-corrected chi connectivity index (χ0v) is 9.75. The van der Waals surface area contributed by atoms with Gasteiger partial charge in [-0.2, -0.15) is 13.2 Å². The minimum atomic E-state index is -4.43. The van der Waals surface area contributed by atoms with E-state index in [9.17, 15) is 18.0 Å². The average Bonchev–Trinajstić information content (AvgIpc) is 2.73. The van der Waals surface area contributed by atoms with Crippen molar-refractivity contribution in [2.45, 2.75) is 12.2 Å². The van der Waals surface area contributed by atoms with E-state index in [2.05, 4.69) is 10.6 Å². The Balaban J connectivity index is 1.98. The second-order valence-corrected chi connectivity index (χ2v) is 4.64. The predicted octanol–water partition coefficient (Wildman–Crippen LogP) is 2.08. The van der Waals surface area contributed by atoms with E-state index in [1.165, 1.54) is 6.07 Å². The molecule has 4 nitrogen and oxygen atoms in total. The first-order chi connectivity index (χ1) is 8.95. The minimum absolute atomic E-state index is 0.161. The zero-order valence-electron chi connectivity index (χ0n) is 9.75. The van der Waals surface area contributed by atoms with Gasteiger partial charge < -0.3 is 15.4 Å². The van der Waals surface area contributed by atoms with Crippen LogP contribution in [0.1, 0.15) is 5.56 Å². The first-order valence-electron chi connectivity index (χ1n) is 5.81. The van der Waals surface area contributed by atoms with E-state index in [0.717, 1.165) is 12.1 Å². The fourth-order valence-corrected chi connectivity index (χ4v) is 2.33. The van der Waals surface area contributed by atoms with E-state index in [1.54, 1.807) is 0 Å². The van der Waals surface area contributed by atoms with Crippen molar-refractivity contribution in [2.75, 3.05) is 23.8 Å². The lowest BCUT2D eigenvalue weighted by Crippen LogP contribution is -2.33. The second kappa shape index (κ2) is 4.12. The highest BCUT2D eigenvalue weighted by atomic mass is 19.4. The number of anilines is 2. The molecule has 0 saturated carbocycles. The molecule has 1 amide bonds. The molecule has 7 heteroatoms. The first kappa shape index (κ1) is 12.3. The molecule has 2 aliphatic rings. The monoisotopic (exact) mass is 272 g/mol. The van der Waals surface area contributed by atoms with Crippen LogP contribution in [-0.4, -0.2) is 25.2 Å². The fourth-order valence-electron chi connectivity index (χ4n) is 2.33. The lowest BCUT2D eigenvalue weighted by atomic mass is 10.0. The number of carbonyl (C=O) groups is 1. The third-order valence-electron chi connectivity index (χ3n) is 3.36. The maximum absolute atomic E-state index is 12.6. The summed E-state index contributed by atoms with van der Waals surface area (Å²) in [5.74, 6) is -0.685. The van der Waals surface area contributed by atoms with Gasteiger partial charge in [0.05, 0.1) is 42.1 Å². The van der Waals surface area contributed by atoms with Crippen molar-refractivity contribution in [3.05, 3.63) is 23.8 Å². The highest BCUT2D eigenvalue weighted by Crippen LogP contribution is 2.36. The van der Waals surface area contributed by atoms with Crippen LogP contribution in [0.5, 0.6) is 0 Å². The molecule has 2 atom stereocenters. The third kappa shape index (κ3) is 2.14. The molecule has 2 aliphatic heterocycles. The standard InChI is InChI=1S/C12H11F3N2O2/c13-12(14,15)6-1-2-8-9(3-6)17-11(18)7-4-19-5-10(7)16-8/h1-3,7,10,16H,4-5H2,(H,17,18). The maximum Gasteiger partial charge on any atom is 0.416 e. The van der Waals surface area contributed by atoms with Crippen molar-refractivity contribution in [1.82, 2.24) is 0 Å². The summed E-state index contributed by atoms with van der Waals surface area (Å²) in [4.78, 5) is 11.9. The Hall–Kier alpha value is -1.76. The summed E-state index contributed by atoms with van der Waals surface area (Å²) in [6.45, 7) is 0.655. The van der Waals surface area contributed by atoms with Crippen LogP contribution in [0, 0.1) is 5.92 Å². The molecule has 0 bridgehead atoms. The molecule has 2 heterocycles. The summed E-state index contributed by atoms with van der Waals surface area (Å²) in [7, 11) is 0. The third-order valence-corrected chi connectivity index (χ3v) is 3.36. The number of rotatable bonds is 0. The zero-order chi connectivity index (χ0) is 13.6. The van der Waals surface area contributed by atoms with Gasteiger partial charge in [0.15, 0.2) is 0 Å². The van der Waals surface area contributed by atoms with Crippen LogP contribution in [0.2, 0.25) is 0 Å². The molecule has 1 aromatic rings. The normalized spacial score (nSPS) is 25.9. The second-order valence-electron chi connectivity index (χ2n) is 4.64. The first-order valence-corrected chi connectivity index (χ1v) is 5.81. The lowest BCUT2D eigenvalue weighted by molar-refractivity contribution is -0.137. The summed E-state index contributed by atoms with van der Waals surface area (Å²) in [6, 6.07) is 3.08. The van der Waals surface area contributed by atoms with Crippen LogP contribution in [-0.2, 0) is 15.7 Å². The van der Waals surface area contributed by atoms with E-state index in [-0.39, 0.29) is 30.2 Å². The number of ether oxygens (including phenoxy) is 1. The van der Waals surface area contributed by atoms with Crippen LogP contribution in [0.3, 0.4) is 0 Å². The van der Waals surface area contributed by atoms with E-state index in [0.29, 0.717) is 12.3 Å². The Kier molecular flexibility index (Phi) is 2.67. The molecule has 0 aromatic heterocycles. The van der Waals surface area contributed by atoms with Crippen molar-refractivity contribution >= 4 is 17.3 Å². The number of amides is 1. The number of hydrogen-bond acceptors (Lipinski definition) is 3. The van der Waals surface area contributed by atoms with Crippen LogP contribution < -0.4 is 10.6 Å². The largest absolute Gasteiger partial charge is 0.416 e. The van der Waals surface area contributed by atoms with Crippen molar-refractivity contribution in [3.63, 3.8) is 0 Å². The van der Waals surface area contributed by atoms with Crippen LogP contribution in [0.4, 0.5) is 24.5 Å². The predicted molar refractivity (Wildman–Crippen MR) is 61.8 cm³/mol. The van der Waals surface area contributed by atoms with Gasteiger partial charge in [-0.3, -0.25) is 4.79 Å². The molecule has 19 heavy (non-hydrogen) atoms. The van der Waals surface area contributed by atoms with Gasteiger partial charge in [-0.1, -0.05) is 0 Å². The van der Waals surface area contributed by atoms with Gasteiger partial charge in [0.2, 0.25) is 5.91 Å². The lowest BCUT2D eigenvalue weighted by Gasteiger charge is -2.15. The number of halogens is 3. The molecule has 1 aromatic carbocycles. The molecule has 3 rings (SSSR count). The molecular weight excluding hydrogens is 261 g/mol. The van der Waals surface area contributed by atoms with Gasteiger partial charge in [0.25, 0.3) is 0 Å². The summed E-state index contributed by atoms with van der Waals surface area (Å²) in [6.07, 6.45) is -4.43. The smallest absolute Gasteiger partial charge is 0.378 e. The van der Waals surface area contributed by atoms with E-state index >= 15 is 0 Å². The number of nitrogens with one attached hydrogen (secondary N) is 2. The Morgan fingerprint density at radius 2 is 2.00 bits per heavy atom. The summed E-state index contributed by atoms with van der Waals surface area (Å²) in [5.41, 5.74) is -0.134. The molecule has 102 valence electrons. The SMILES string of the molecule is O=C1Nc2cc(C(F)(F)F)ccc2NC2COCC12. The van der Waals surface area contributed by atoms with E-state index < -0.39 is 11.7 Å². The Morgan fingerprint density at radius 3 is 2.74 bits per heavy atom. The van der Waals surface area contributed by atoms with Crippen LogP contribution >= 0.6 is 0 Å². The number of alkyl halides is 3. The Bertz CT molecular complexity index is 530. The van der Waals surface area contributed by atoms with E-state index in [4.69, 9.17) is 4.74 Å². The molecule has 0 aliphatic carbocycles. The minimum Gasteiger partial charge on any atom is -0.378 e. The molecule has 0 radical (unpaired) electrons. The Labute approximate surface area is 106 Å². The quantitative estimate of drug-likeness (QED) is 0.760. The van der Waals surface area contributed by atoms with Crippen molar-refractivity contribution in [3.8, 4) is 0 Å². The summed E-state index contributed by atoms with van der Waals surface area (Å²) < 4.78 is 43.1. The molecule has 1 saturated heterocycles. The molecular formula is C12H11F3N2O2. The van der Waals surface area contributed by atoms with Crippen molar-refractivity contribution < 1.29 is 22.7 Å². The van der Waals surface area contributed by atoms with Crippen molar-refractivity contribution in [2.24, 2.45) is 5.92 Å². The van der Waals surface area contributed by atoms with Crippen LogP contribution in [0.25, 0.3) is 0 Å². The maximum atomic E-state index is 12.6. The fraction of sp³-hybridized carbons (Fsp3) is 0.417. The topological polar surface area (TPSA) is 50.4 Å². The van der Waals surface area contributed by atoms with Gasteiger partial charge in [-0.25, -0.2) is 0 Å².